The van der Waals surface area contributed by atoms with Gasteiger partial charge < -0.3 is 10.0 Å². The van der Waals surface area contributed by atoms with Gasteiger partial charge in [-0.2, -0.15) is 0 Å². The molecule has 1 aromatic rings. The van der Waals surface area contributed by atoms with Gasteiger partial charge in [-0.3, -0.25) is 4.90 Å². The lowest BCUT2D eigenvalue weighted by atomic mass is 10.1. The van der Waals surface area contributed by atoms with E-state index >= 15 is 0 Å². The van der Waals surface area contributed by atoms with Crippen LogP contribution in [0.2, 0.25) is 0 Å². The molecule has 1 atom stereocenters. The van der Waals surface area contributed by atoms with Gasteiger partial charge in [0.15, 0.2) is 0 Å². The minimum absolute atomic E-state index is 0.420. The fourth-order valence-electron chi connectivity index (χ4n) is 3.14. The quantitative estimate of drug-likeness (QED) is 0.862. The highest BCUT2D eigenvalue weighted by molar-refractivity contribution is 5.94. The minimum Gasteiger partial charge on any atom is -0.478 e. The number of fused-ring (bicyclic) bond motifs is 1. The Bertz CT molecular complexity index is 461. The highest BCUT2D eigenvalue weighted by Crippen LogP contribution is 2.27. The second kappa shape index (κ2) is 4.61. The van der Waals surface area contributed by atoms with Gasteiger partial charge in [-0.05, 0) is 31.5 Å². The molecule has 0 bridgehead atoms. The van der Waals surface area contributed by atoms with Crippen LogP contribution in [0.1, 0.15) is 23.2 Å². The van der Waals surface area contributed by atoms with Gasteiger partial charge in [0.1, 0.15) is 0 Å². The Morgan fingerprint density at radius 3 is 2.89 bits per heavy atom. The maximum absolute atomic E-state index is 11.3. The number of carboxylic acid groups (broad SMARTS) is 1. The molecule has 2 aliphatic heterocycles. The van der Waals surface area contributed by atoms with Crippen LogP contribution >= 0.6 is 0 Å². The standard InChI is InChI=1S/C14H18N2O2/c17-14(18)12-5-1-2-6-13(12)16-9-8-15-7-3-4-11(15)10-16/h1-2,5-6,11H,3-4,7-10H2,(H,17,18). The molecule has 1 N–H and O–H groups in total. The zero-order chi connectivity index (χ0) is 12.5. The Kier molecular flexibility index (Phi) is 2.96. The zero-order valence-corrected chi connectivity index (χ0v) is 10.4. The van der Waals surface area contributed by atoms with Crippen LogP contribution in [-0.2, 0) is 0 Å². The summed E-state index contributed by atoms with van der Waals surface area (Å²) in [6.45, 7) is 4.16. The monoisotopic (exact) mass is 246 g/mol. The summed E-state index contributed by atoms with van der Waals surface area (Å²) in [6, 6.07) is 7.94. The molecule has 18 heavy (non-hydrogen) atoms. The molecule has 0 spiro atoms. The molecule has 1 aromatic carbocycles. The molecular formula is C14H18N2O2. The number of hydrogen-bond donors (Lipinski definition) is 1. The molecule has 0 amide bonds. The van der Waals surface area contributed by atoms with Gasteiger partial charge in [-0.25, -0.2) is 4.79 Å². The molecule has 0 saturated carbocycles. The Balaban J connectivity index is 1.85. The Morgan fingerprint density at radius 2 is 2.06 bits per heavy atom. The molecule has 0 radical (unpaired) electrons. The number of para-hydroxylation sites is 1. The van der Waals surface area contributed by atoms with E-state index in [9.17, 15) is 9.90 Å². The summed E-state index contributed by atoms with van der Waals surface area (Å²) in [5, 5.41) is 9.25. The van der Waals surface area contributed by atoms with Gasteiger partial charge in [0.2, 0.25) is 0 Å². The largest absolute Gasteiger partial charge is 0.478 e. The van der Waals surface area contributed by atoms with Crippen LogP contribution < -0.4 is 4.90 Å². The molecule has 96 valence electrons. The molecular weight excluding hydrogens is 228 g/mol. The fourth-order valence-corrected chi connectivity index (χ4v) is 3.14. The number of carboxylic acids is 1. The van der Waals surface area contributed by atoms with Crippen molar-refractivity contribution >= 4 is 11.7 Å². The third kappa shape index (κ3) is 1.97. The SMILES string of the molecule is O=C(O)c1ccccc1N1CCN2CCCC2C1. The number of piperazine rings is 1. The van der Waals surface area contributed by atoms with Crippen molar-refractivity contribution in [3.05, 3.63) is 29.8 Å². The van der Waals surface area contributed by atoms with Crippen molar-refractivity contribution in [3.8, 4) is 0 Å². The number of aromatic carboxylic acids is 1. The van der Waals surface area contributed by atoms with Gasteiger partial charge in [-0.15, -0.1) is 0 Å². The molecule has 2 aliphatic rings. The van der Waals surface area contributed by atoms with E-state index < -0.39 is 5.97 Å². The van der Waals surface area contributed by atoms with Crippen LogP contribution in [0, 0.1) is 0 Å². The summed E-state index contributed by atoms with van der Waals surface area (Å²) in [7, 11) is 0. The number of benzene rings is 1. The van der Waals surface area contributed by atoms with E-state index in [1.54, 1.807) is 12.1 Å². The van der Waals surface area contributed by atoms with Crippen molar-refractivity contribution < 1.29 is 9.90 Å². The summed E-state index contributed by atoms with van der Waals surface area (Å²) in [4.78, 5) is 16.0. The molecule has 3 rings (SSSR count). The van der Waals surface area contributed by atoms with Gasteiger partial charge in [0.05, 0.1) is 11.3 Å². The predicted molar refractivity (Wildman–Crippen MR) is 70.2 cm³/mol. The lowest BCUT2D eigenvalue weighted by Gasteiger charge is -2.39. The van der Waals surface area contributed by atoms with E-state index in [-0.39, 0.29) is 0 Å². The van der Waals surface area contributed by atoms with Crippen molar-refractivity contribution in [2.24, 2.45) is 0 Å². The molecule has 1 unspecified atom stereocenters. The minimum atomic E-state index is -0.834. The highest BCUT2D eigenvalue weighted by atomic mass is 16.4. The fraction of sp³-hybridized carbons (Fsp3) is 0.500. The molecule has 2 saturated heterocycles. The maximum Gasteiger partial charge on any atom is 0.337 e. The number of carbonyl (C=O) groups is 1. The average Bonchev–Trinajstić information content (AvgIpc) is 2.85. The smallest absolute Gasteiger partial charge is 0.337 e. The third-order valence-corrected chi connectivity index (χ3v) is 4.06. The highest BCUT2D eigenvalue weighted by Gasteiger charge is 2.31. The van der Waals surface area contributed by atoms with Gasteiger partial charge >= 0.3 is 5.97 Å². The first-order valence-corrected chi connectivity index (χ1v) is 6.57. The molecule has 4 nitrogen and oxygen atoms in total. The summed E-state index contributed by atoms with van der Waals surface area (Å²) in [5.74, 6) is -0.834. The summed E-state index contributed by atoms with van der Waals surface area (Å²) in [5.41, 5.74) is 1.29. The molecule has 4 heteroatoms. The van der Waals surface area contributed by atoms with Crippen LogP contribution in [0.3, 0.4) is 0 Å². The van der Waals surface area contributed by atoms with Crippen LogP contribution in [-0.4, -0.2) is 48.2 Å². The zero-order valence-electron chi connectivity index (χ0n) is 10.4. The van der Waals surface area contributed by atoms with E-state index in [1.807, 2.05) is 12.1 Å². The Morgan fingerprint density at radius 1 is 1.22 bits per heavy atom. The normalized spacial score (nSPS) is 24.0. The molecule has 2 fully saturated rings. The van der Waals surface area contributed by atoms with E-state index in [1.165, 1.54) is 19.4 Å². The summed E-state index contributed by atoms with van der Waals surface area (Å²) < 4.78 is 0. The van der Waals surface area contributed by atoms with Crippen molar-refractivity contribution in [1.82, 2.24) is 4.90 Å². The average molecular weight is 246 g/mol. The van der Waals surface area contributed by atoms with Crippen LogP contribution in [0.25, 0.3) is 0 Å². The first kappa shape index (κ1) is 11.5. The van der Waals surface area contributed by atoms with Crippen molar-refractivity contribution in [2.75, 3.05) is 31.1 Å². The third-order valence-electron chi connectivity index (χ3n) is 4.06. The van der Waals surface area contributed by atoms with E-state index in [0.717, 1.165) is 25.3 Å². The van der Waals surface area contributed by atoms with Gasteiger partial charge in [0, 0.05) is 25.7 Å². The summed E-state index contributed by atoms with van der Waals surface area (Å²) in [6.07, 6.45) is 2.52. The lowest BCUT2D eigenvalue weighted by molar-refractivity contribution is 0.0697. The second-order valence-corrected chi connectivity index (χ2v) is 5.10. The van der Waals surface area contributed by atoms with Crippen molar-refractivity contribution in [2.45, 2.75) is 18.9 Å². The maximum atomic E-state index is 11.3. The number of rotatable bonds is 2. The number of hydrogen-bond acceptors (Lipinski definition) is 3. The topological polar surface area (TPSA) is 43.8 Å². The van der Waals surface area contributed by atoms with E-state index in [2.05, 4.69) is 9.80 Å². The van der Waals surface area contributed by atoms with Crippen LogP contribution in [0.5, 0.6) is 0 Å². The first-order chi connectivity index (χ1) is 8.75. The lowest BCUT2D eigenvalue weighted by Crippen LogP contribution is -2.50. The van der Waals surface area contributed by atoms with E-state index in [0.29, 0.717) is 11.6 Å². The van der Waals surface area contributed by atoms with Crippen LogP contribution in [0.15, 0.2) is 24.3 Å². The summed E-state index contributed by atoms with van der Waals surface area (Å²) >= 11 is 0. The van der Waals surface area contributed by atoms with E-state index in [4.69, 9.17) is 0 Å². The number of nitrogens with zero attached hydrogens (tertiary/aromatic N) is 2. The molecule has 2 heterocycles. The predicted octanol–water partition coefficient (Wildman–Crippen LogP) is 1.67. The molecule has 0 aromatic heterocycles. The van der Waals surface area contributed by atoms with Crippen molar-refractivity contribution in [1.29, 1.82) is 0 Å². The first-order valence-electron chi connectivity index (χ1n) is 6.57. The Labute approximate surface area is 107 Å². The second-order valence-electron chi connectivity index (χ2n) is 5.10. The Hall–Kier alpha value is -1.55. The number of anilines is 1. The van der Waals surface area contributed by atoms with Crippen LogP contribution in [0.4, 0.5) is 5.69 Å². The van der Waals surface area contributed by atoms with Crippen molar-refractivity contribution in [3.63, 3.8) is 0 Å². The van der Waals surface area contributed by atoms with Gasteiger partial charge in [0.25, 0.3) is 0 Å². The van der Waals surface area contributed by atoms with Gasteiger partial charge in [-0.1, -0.05) is 12.1 Å². The molecule has 0 aliphatic carbocycles.